The number of hydrogen-bond donors (Lipinski definition) is 3. The third-order valence-electron chi connectivity index (χ3n) is 6.19. The Kier molecular flexibility index (Phi) is 11.3. The average molecular weight is 651 g/mol. The van der Waals surface area contributed by atoms with Crippen LogP contribution in [0.5, 0.6) is 11.5 Å². The number of benzene rings is 4. The molecule has 1 unspecified atom stereocenters. The van der Waals surface area contributed by atoms with Gasteiger partial charge in [-0.15, -0.1) is 11.8 Å². The smallest absolute Gasteiger partial charge is 0.272 e. The van der Waals surface area contributed by atoms with Gasteiger partial charge in [-0.1, -0.05) is 53.5 Å². The van der Waals surface area contributed by atoms with Gasteiger partial charge in [0.2, 0.25) is 5.91 Å². The second-order valence-corrected chi connectivity index (χ2v) is 11.6. The van der Waals surface area contributed by atoms with E-state index in [-0.39, 0.29) is 11.6 Å². The van der Waals surface area contributed by atoms with E-state index < -0.39 is 17.1 Å². The fourth-order valence-electron chi connectivity index (χ4n) is 4.07. The topological polar surface area (TPSA) is 106 Å². The molecular weight excluding hydrogens is 621 g/mol. The molecule has 4 aromatic carbocycles. The second kappa shape index (κ2) is 15.3. The van der Waals surface area contributed by atoms with Crippen LogP contribution >= 0.6 is 35.0 Å². The van der Waals surface area contributed by atoms with Crippen molar-refractivity contribution in [2.24, 2.45) is 0 Å². The van der Waals surface area contributed by atoms with Crippen molar-refractivity contribution >= 4 is 70.1 Å². The zero-order valence-corrected chi connectivity index (χ0v) is 26.3. The highest BCUT2D eigenvalue weighted by atomic mass is 35.5. The number of thioether (sulfide) groups is 1. The molecule has 1 atom stereocenters. The summed E-state index contributed by atoms with van der Waals surface area (Å²) in [6, 6.07) is 25.6. The molecule has 0 radical (unpaired) electrons. The summed E-state index contributed by atoms with van der Waals surface area (Å²) in [4.78, 5) is 40.0. The van der Waals surface area contributed by atoms with Crippen molar-refractivity contribution in [2.75, 3.05) is 24.9 Å². The molecule has 3 N–H and O–H groups in total. The molecule has 0 fully saturated rings. The Balaban J connectivity index is 1.49. The first-order valence-corrected chi connectivity index (χ1v) is 14.9. The molecule has 8 nitrogen and oxygen atoms in total. The van der Waals surface area contributed by atoms with Gasteiger partial charge in [-0.3, -0.25) is 14.4 Å². The Bertz CT molecular complexity index is 1660. The highest BCUT2D eigenvalue weighted by Gasteiger charge is 2.18. The van der Waals surface area contributed by atoms with Crippen LogP contribution in [0.15, 0.2) is 102 Å². The number of anilines is 2. The quantitative estimate of drug-likeness (QED) is 0.114. The number of carbonyl (C=O) groups is 3. The number of carbonyl (C=O) groups excluding carboxylic acids is 3. The maximum Gasteiger partial charge on any atom is 0.272 e. The van der Waals surface area contributed by atoms with Crippen LogP contribution in [-0.4, -0.2) is 37.2 Å². The zero-order valence-electron chi connectivity index (χ0n) is 24.0. The molecule has 0 aliphatic heterocycles. The number of para-hydroxylation sites is 1. The van der Waals surface area contributed by atoms with Gasteiger partial charge in [-0.05, 0) is 73.7 Å². The Morgan fingerprint density at radius 3 is 2.11 bits per heavy atom. The summed E-state index contributed by atoms with van der Waals surface area (Å²) in [7, 11) is 3.01. The first-order valence-electron chi connectivity index (χ1n) is 13.3. The number of amides is 3. The molecule has 0 saturated heterocycles. The van der Waals surface area contributed by atoms with Crippen molar-refractivity contribution in [1.29, 1.82) is 0 Å². The standard InChI is InChI=1S/C33H29Cl2N3O5S/c1-20(31(39)37-26-18-23(34)17-24(35)19-26)44-27-14-12-25(13-15-27)36-33(41)28(38-32(40)21-8-5-4-6-9-21)16-22-10-7-11-29(42-2)30(22)43-3/h4-20H,1-3H3,(H,36,41)(H,37,39)(H,38,40)/b28-16-. The average Bonchev–Trinajstić information content (AvgIpc) is 3.01. The van der Waals surface area contributed by atoms with Crippen LogP contribution < -0.4 is 25.4 Å². The highest BCUT2D eigenvalue weighted by Crippen LogP contribution is 2.32. The van der Waals surface area contributed by atoms with Crippen LogP contribution in [-0.2, 0) is 9.59 Å². The maximum atomic E-state index is 13.5. The minimum atomic E-state index is -0.549. The predicted octanol–water partition coefficient (Wildman–Crippen LogP) is 7.54. The molecule has 0 aliphatic rings. The molecule has 0 saturated carbocycles. The Morgan fingerprint density at radius 2 is 1.48 bits per heavy atom. The number of methoxy groups -OCH3 is 2. The maximum absolute atomic E-state index is 13.5. The van der Waals surface area contributed by atoms with E-state index in [1.165, 1.54) is 32.1 Å². The first-order chi connectivity index (χ1) is 21.2. The van der Waals surface area contributed by atoms with Crippen LogP contribution in [0.4, 0.5) is 11.4 Å². The number of nitrogens with one attached hydrogen (secondary N) is 3. The largest absolute Gasteiger partial charge is 0.493 e. The summed E-state index contributed by atoms with van der Waals surface area (Å²) in [5, 5.41) is 8.76. The minimum Gasteiger partial charge on any atom is -0.493 e. The van der Waals surface area contributed by atoms with E-state index in [1.54, 1.807) is 97.9 Å². The number of rotatable bonds is 11. The van der Waals surface area contributed by atoms with Gasteiger partial charge in [-0.2, -0.15) is 0 Å². The van der Waals surface area contributed by atoms with E-state index in [4.69, 9.17) is 32.7 Å². The molecule has 3 amide bonds. The molecule has 226 valence electrons. The predicted molar refractivity (Wildman–Crippen MR) is 177 cm³/mol. The molecule has 0 bridgehead atoms. The number of ether oxygens (including phenoxy) is 2. The third-order valence-corrected chi connectivity index (χ3v) is 7.73. The van der Waals surface area contributed by atoms with Crippen molar-refractivity contribution in [1.82, 2.24) is 5.32 Å². The van der Waals surface area contributed by atoms with Crippen molar-refractivity contribution < 1.29 is 23.9 Å². The molecule has 44 heavy (non-hydrogen) atoms. The van der Waals surface area contributed by atoms with Gasteiger partial charge in [0.1, 0.15) is 5.70 Å². The van der Waals surface area contributed by atoms with Gasteiger partial charge < -0.3 is 25.4 Å². The number of halogens is 2. The van der Waals surface area contributed by atoms with Crippen LogP contribution in [0.2, 0.25) is 10.0 Å². The minimum absolute atomic E-state index is 0.00438. The summed E-state index contributed by atoms with van der Waals surface area (Å²) in [5.41, 5.74) is 1.91. The van der Waals surface area contributed by atoms with E-state index in [9.17, 15) is 14.4 Å². The lowest BCUT2D eigenvalue weighted by atomic mass is 10.1. The fourth-order valence-corrected chi connectivity index (χ4v) is 5.46. The van der Waals surface area contributed by atoms with Crippen molar-refractivity contribution in [2.45, 2.75) is 17.1 Å². The van der Waals surface area contributed by atoms with E-state index in [1.807, 2.05) is 0 Å². The summed E-state index contributed by atoms with van der Waals surface area (Å²) in [6.07, 6.45) is 1.52. The molecule has 0 spiro atoms. The van der Waals surface area contributed by atoms with Crippen molar-refractivity contribution in [3.63, 3.8) is 0 Å². The molecule has 4 rings (SSSR count). The molecular formula is C33H29Cl2N3O5S. The van der Waals surface area contributed by atoms with E-state index >= 15 is 0 Å². The van der Waals surface area contributed by atoms with Gasteiger partial charge in [0.05, 0.1) is 19.5 Å². The molecule has 0 heterocycles. The van der Waals surface area contributed by atoms with Crippen LogP contribution in [0, 0.1) is 0 Å². The lowest BCUT2D eigenvalue weighted by Crippen LogP contribution is -2.30. The lowest BCUT2D eigenvalue weighted by Gasteiger charge is -2.15. The van der Waals surface area contributed by atoms with E-state index in [0.717, 1.165) is 4.90 Å². The molecule has 0 aliphatic carbocycles. The monoisotopic (exact) mass is 649 g/mol. The fraction of sp³-hybridized carbons (Fsp3) is 0.121. The van der Waals surface area contributed by atoms with Gasteiger partial charge in [0.25, 0.3) is 11.8 Å². The van der Waals surface area contributed by atoms with Crippen LogP contribution in [0.25, 0.3) is 6.08 Å². The zero-order chi connectivity index (χ0) is 31.6. The third kappa shape index (κ3) is 8.79. The van der Waals surface area contributed by atoms with Gasteiger partial charge in [0, 0.05) is 37.4 Å². The molecule has 4 aromatic rings. The Labute approximate surface area is 269 Å². The molecule has 11 heteroatoms. The summed E-state index contributed by atoms with van der Waals surface area (Å²) in [6.45, 7) is 1.78. The normalized spacial score (nSPS) is 11.7. The lowest BCUT2D eigenvalue weighted by molar-refractivity contribution is -0.115. The van der Waals surface area contributed by atoms with Gasteiger partial charge >= 0.3 is 0 Å². The number of hydrogen-bond acceptors (Lipinski definition) is 6. The van der Waals surface area contributed by atoms with Crippen molar-refractivity contribution in [3.05, 3.63) is 118 Å². The first kappa shape index (κ1) is 32.5. The van der Waals surface area contributed by atoms with Crippen LogP contribution in [0.1, 0.15) is 22.8 Å². The van der Waals surface area contributed by atoms with E-state index in [2.05, 4.69) is 16.0 Å². The Morgan fingerprint density at radius 1 is 0.795 bits per heavy atom. The highest BCUT2D eigenvalue weighted by molar-refractivity contribution is 8.00. The van der Waals surface area contributed by atoms with Crippen LogP contribution in [0.3, 0.4) is 0 Å². The van der Waals surface area contributed by atoms with Crippen molar-refractivity contribution in [3.8, 4) is 11.5 Å². The summed E-state index contributed by atoms with van der Waals surface area (Å²) >= 11 is 13.4. The summed E-state index contributed by atoms with van der Waals surface area (Å²) < 4.78 is 10.9. The van der Waals surface area contributed by atoms with Gasteiger partial charge in [-0.25, -0.2) is 0 Å². The SMILES string of the molecule is COc1cccc(/C=C(\NC(=O)c2ccccc2)C(=O)Nc2ccc(SC(C)C(=O)Nc3cc(Cl)cc(Cl)c3)cc2)c1OC. The second-order valence-electron chi connectivity index (χ2n) is 9.35. The molecule has 0 aromatic heterocycles. The Hall–Kier alpha value is -4.44. The summed E-state index contributed by atoms with van der Waals surface area (Å²) in [5.74, 6) is -0.335. The van der Waals surface area contributed by atoms with E-state index in [0.29, 0.717) is 44.0 Å². The van der Waals surface area contributed by atoms with Gasteiger partial charge in [0.15, 0.2) is 11.5 Å².